The van der Waals surface area contributed by atoms with Crippen molar-refractivity contribution in [1.29, 1.82) is 0 Å². The molecule has 0 saturated heterocycles. The van der Waals surface area contributed by atoms with Gasteiger partial charge < -0.3 is 10.5 Å². The molecule has 1 heterocycles. The molecule has 1 aromatic rings. The molecule has 2 N–H and O–H groups in total. The fourth-order valence-corrected chi connectivity index (χ4v) is 1.42. The van der Waals surface area contributed by atoms with Crippen molar-refractivity contribution in [1.82, 2.24) is 4.98 Å². The van der Waals surface area contributed by atoms with E-state index >= 15 is 0 Å². The Morgan fingerprint density at radius 1 is 1.33 bits per heavy atom. The van der Waals surface area contributed by atoms with Crippen molar-refractivity contribution in [2.24, 2.45) is 5.73 Å². The molecule has 15 heavy (non-hydrogen) atoms. The van der Waals surface area contributed by atoms with Gasteiger partial charge in [-0.2, -0.15) is 0 Å². The van der Waals surface area contributed by atoms with E-state index in [4.69, 9.17) is 10.5 Å². The number of aromatic nitrogens is 1. The van der Waals surface area contributed by atoms with Crippen molar-refractivity contribution in [2.45, 2.75) is 39.2 Å². The Morgan fingerprint density at radius 3 is 2.53 bits per heavy atom. The number of rotatable bonds is 6. The molecule has 1 rings (SSSR count). The minimum Gasteiger partial charge on any atom is -0.489 e. The molecule has 0 amide bonds. The minimum absolute atomic E-state index is 0.298. The van der Waals surface area contributed by atoms with E-state index in [9.17, 15) is 0 Å². The zero-order valence-electron chi connectivity index (χ0n) is 9.57. The average molecular weight is 208 g/mol. The first-order valence-electron chi connectivity index (χ1n) is 5.61. The summed E-state index contributed by atoms with van der Waals surface area (Å²) >= 11 is 0. The highest BCUT2D eigenvalue weighted by Gasteiger charge is 2.05. The average Bonchev–Trinajstić information content (AvgIpc) is 2.28. The van der Waals surface area contributed by atoms with Gasteiger partial charge in [-0.05, 0) is 31.5 Å². The zero-order chi connectivity index (χ0) is 11.1. The molecule has 0 aliphatic heterocycles. The van der Waals surface area contributed by atoms with Crippen molar-refractivity contribution in [2.75, 3.05) is 6.54 Å². The highest BCUT2D eigenvalue weighted by Crippen LogP contribution is 2.14. The summed E-state index contributed by atoms with van der Waals surface area (Å²) in [7, 11) is 0. The molecule has 0 bridgehead atoms. The van der Waals surface area contributed by atoms with E-state index < -0.39 is 0 Å². The molecule has 0 unspecified atom stereocenters. The Labute approximate surface area is 91.7 Å². The van der Waals surface area contributed by atoms with Crippen LogP contribution in [-0.4, -0.2) is 17.6 Å². The molecule has 0 saturated carbocycles. The summed E-state index contributed by atoms with van der Waals surface area (Å²) in [4.78, 5) is 4.29. The van der Waals surface area contributed by atoms with Gasteiger partial charge in [0.25, 0.3) is 0 Å². The zero-order valence-corrected chi connectivity index (χ0v) is 9.57. The Hall–Kier alpha value is -1.09. The minimum atomic E-state index is 0.298. The lowest BCUT2D eigenvalue weighted by atomic mass is 10.2. The van der Waals surface area contributed by atoms with Gasteiger partial charge >= 0.3 is 0 Å². The highest BCUT2D eigenvalue weighted by molar-refractivity contribution is 5.20. The van der Waals surface area contributed by atoms with Crippen molar-refractivity contribution >= 4 is 0 Å². The molecule has 0 aromatic carbocycles. The summed E-state index contributed by atoms with van der Waals surface area (Å²) in [6, 6.07) is 3.95. The second-order valence-electron chi connectivity index (χ2n) is 3.58. The number of nitrogens with two attached hydrogens (primary N) is 1. The summed E-state index contributed by atoms with van der Waals surface area (Å²) in [5.74, 6) is 0.851. The maximum Gasteiger partial charge on any atom is 0.138 e. The van der Waals surface area contributed by atoms with Gasteiger partial charge in [-0.25, -0.2) is 0 Å². The molecule has 0 atom stereocenters. The fourth-order valence-electron chi connectivity index (χ4n) is 1.42. The smallest absolute Gasteiger partial charge is 0.138 e. The predicted molar refractivity (Wildman–Crippen MR) is 62.0 cm³/mol. The van der Waals surface area contributed by atoms with E-state index in [1.807, 2.05) is 12.1 Å². The summed E-state index contributed by atoms with van der Waals surface area (Å²) < 4.78 is 5.75. The normalized spacial score (nSPS) is 10.7. The van der Waals surface area contributed by atoms with Gasteiger partial charge in [0.15, 0.2) is 0 Å². The van der Waals surface area contributed by atoms with Crippen LogP contribution < -0.4 is 10.5 Å². The first-order chi connectivity index (χ1) is 7.30. The Bertz CT molecular complexity index is 267. The number of hydrogen-bond acceptors (Lipinski definition) is 3. The van der Waals surface area contributed by atoms with Crippen LogP contribution in [0.2, 0.25) is 0 Å². The number of ether oxygens (including phenoxy) is 1. The van der Waals surface area contributed by atoms with Crippen LogP contribution in [0.5, 0.6) is 5.75 Å². The Balaban J connectivity index is 2.55. The highest BCUT2D eigenvalue weighted by atomic mass is 16.5. The van der Waals surface area contributed by atoms with Gasteiger partial charge in [-0.3, -0.25) is 4.98 Å². The topological polar surface area (TPSA) is 48.1 Å². The van der Waals surface area contributed by atoms with Crippen LogP contribution in [0.15, 0.2) is 18.3 Å². The SMILES string of the molecule is CCC(CC)Oc1ccc(CCN)nc1. The molecule has 1 aromatic heterocycles. The predicted octanol–water partition coefficient (Wildman–Crippen LogP) is 2.15. The quantitative estimate of drug-likeness (QED) is 0.779. The van der Waals surface area contributed by atoms with E-state index in [1.54, 1.807) is 6.20 Å². The van der Waals surface area contributed by atoms with Crippen molar-refractivity contribution in [3.8, 4) is 5.75 Å². The van der Waals surface area contributed by atoms with Gasteiger partial charge in [0, 0.05) is 12.1 Å². The third-order valence-corrected chi connectivity index (χ3v) is 2.41. The van der Waals surface area contributed by atoms with Crippen LogP contribution in [0.4, 0.5) is 0 Å². The molecule has 84 valence electrons. The van der Waals surface area contributed by atoms with Crippen molar-refractivity contribution < 1.29 is 4.74 Å². The third kappa shape index (κ3) is 3.88. The Morgan fingerprint density at radius 2 is 2.07 bits per heavy atom. The third-order valence-electron chi connectivity index (χ3n) is 2.41. The second kappa shape index (κ2) is 6.40. The summed E-state index contributed by atoms with van der Waals surface area (Å²) in [5, 5.41) is 0. The van der Waals surface area contributed by atoms with Gasteiger partial charge in [-0.15, -0.1) is 0 Å². The summed E-state index contributed by atoms with van der Waals surface area (Å²) in [6.07, 6.45) is 4.96. The van der Waals surface area contributed by atoms with E-state index in [0.29, 0.717) is 12.6 Å². The number of hydrogen-bond donors (Lipinski definition) is 1. The van der Waals surface area contributed by atoms with Crippen LogP contribution in [0, 0.1) is 0 Å². The maximum absolute atomic E-state index is 5.75. The Kier molecular flexibility index (Phi) is 5.12. The summed E-state index contributed by atoms with van der Waals surface area (Å²) in [5.41, 5.74) is 6.47. The van der Waals surface area contributed by atoms with Crippen LogP contribution in [0.3, 0.4) is 0 Å². The molecular weight excluding hydrogens is 188 g/mol. The molecule has 0 aliphatic carbocycles. The van der Waals surface area contributed by atoms with Gasteiger partial charge in [0.05, 0.1) is 12.3 Å². The molecule has 3 heteroatoms. The van der Waals surface area contributed by atoms with Gasteiger partial charge in [-0.1, -0.05) is 13.8 Å². The van der Waals surface area contributed by atoms with Crippen molar-refractivity contribution in [3.63, 3.8) is 0 Å². The molecule has 3 nitrogen and oxygen atoms in total. The number of nitrogens with zero attached hydrogens (tertiary/aromatic N) is 1. The van der Waals surface area contributed by atoms with Crippen molar-refractivity contribution in [3.05, 3.63) is 24.0 Å². The van der Waals surface area contributed by atoms with E-state index in [0.717, 1.165) is 30.7 Å². The molecule has 0 spiro atoms. The van der Waals surface area contributed by atoms with E-state index in [-0.39, 0.29) is 0 Å². The fraction of sp³-hybridized carbons (Fsp3) is 0.583. The van der Waals surface area contributed by atoms with E-state index in [2.05, 4.69) is 18.8 Å². The first kappa shape index (κ1) is 12.0. The molecule has 0 fully saturated rings. The largest absolute Gasteiger partial charge is 0.489 e. The first-order valence-corrected chi connectivity index (χ1v) is 5.61. The van der Waals surface area contributed by atoms with Crippen LogP contribution in [0.25, 0.3) is 0 Å². The van der Waals surface area contributed by atoms with E-state index in [1.165, 1.54) is 0 Å². The van der Waals surface area contributed by atoms with Crippen LogP contribution in [0.1, 0.15) is 32.4 Å². The maximum atomic E-state index is 5.75. The monoisotopic (exact) mass is 208 g/mol. The van der Waals surface area contributed by atoms with Gasteiger partial charge in [0.2, 0.25) is 0 Å². The lowest BCUT2D eigenvalue weighted by Crippen LogP contribution is -2.13. The van der Waals surface area contributed by atoms with Crippen LogP contribution >= 0.6 is 0 Å². The van der Waals surface area contributed by atoms with Crippen LogP contribution in [-0.2, 0) is 6.42 Å². The van der Waals surface area contributed by atoms with Gasteiger partial charge in [0.1, 0.15) is 5.75 Å². The summed E-state index contributed by atoms with van der Waals surface area (Å²) in [6.45, 7) is 4.90. The lowest BCUT2D eigenvalue weighted by Gasteiger charge is -2.15. The standard InChI is InChI=1S/C12H20N2O/c1-3-11(4-2)15-12-6-5-10(7-8-13)14-9-12/h5-6,9,11H,3-4,7-8,13H2,1-2H3. The second-order valence-corrected chi connectivity index (χ2v) is 3.58. The molecule has 0 radical (unpaired) electrons. The number of pyridine rings is 1. The molecule has 0 aliphatic rings. The molecular formula is C12H20N2O. The lowest BCUT2D eigenvalue weighted by molar-refractivity contribution is 0.192.